The number of nitrogens with zero attached hydrogens (tertiary/aromatic N) is 2. The lowest BCUT2D eigenvalue weighted by atomic mass is 10.3. The van der Waals surface area contributed by atoms with Gasteiger partial charge in [0.1, 0.15) is 16.9 Å². The van der Waals surface area contributed by atoms with Gasteiger partial charge in [0.25, 0.3) is 0 Å². The number of rotatable bonds is 2. The van der Waals surface area contributed by atoms with Gasteiger partial charge < -0.3 is 0 Å². The molecule has 4 heteroatoms. The van der Waals surface area contributed by atoms with Gasteiger partial charge in [0.05, 0.1) is 6.20 Å². The molecule has 0 radical (unpaired) electrons. The molecule has 0 saturated carbocycles. The summed E-state index contributed by atoms with van der Waals surface area (Å²) in [7, 11) is 0. The fraction of sp³-hybridized carbons (Fsp3) is 0.250. The predicted molar refractivity (Wildman–Crippen MR) is 47.8 cm³/mol. The van der Waals surface area contributed by atoms with E-state index in [0.29, 0.717) is 0 Å². The Balaban J connectivity index is 2.78. The highest BCUT2D eigenvalue weighted by Crippen LogP contribution is 2.21. The number of carbonyl (C=O) groups is 1. The third-order valence-corrected chi connectivity index (χ3v) is 3.07. The first-order valence-electron chi connectivity index (χ1n) is 3.75. The normalized spacial score (nSPS) is 10.8. The van der Waals surface area contributed by atoms with Gasteiger partial charge in [0.15, 0.2) is 6.29 Å². The van der Waals surface area contributed by atoms with Crippen LogP contribution in [0.2, 0.25) is 0 Å². The first-order valence-corrected chi connectivity index (χ1v) is 4.57. The minimum absolute atomic E-state index is 0.745. The maximum atomic E-state index is 10.7. The second-order valence-corrected chi connectivity index (χ2v) is 3.60. The summed E-state index contributed by atoms with van der Waals surface area (Å²) in [5.41, 5.74) is 0.745. The highest BCUT2D eigenvalue weighted by atomic mass is 32.1. The highest BCUT2D eigenvalue weighted by Gasteiger charge is 2.08. The van der Waals surface area contributed by atoms with Crippen LogP contribution in [0.1, 0.15) is 22.3 Å². The number of aryl methyl sites for hydroxylation is 1. The van der Waals surface area contributed by atoms with E-state index in [4.69, 9.17) is 0 Å². The van der Waals surface area contributed by atoms with Crippen molar-refractivity contribution in [2.75, 3.05) is 0 Å². The van der Waals surface area contributed by atoms with Gasteiger partial charge >= 0.3 is 0 Å². The number of carbonyl (C=O) groups excluding carboxylic acids is 1. The number of imidazole rings is 1. The average molecular weight is 180 g/mol. The number of thiazole rings is 1. The molecule has 2 heterocycles. The van der Waals surface area contributed by atoms with Crippen molar-refractivity contribution in [2.24, 2.45) is 0 Å². The topological polar surface area (TPSA) is 34.4 Å². The number of hydrogen-bond acceptors (Lipinski definition) is 3. The van der Waals surface area contributed by atoms with Crippen LogP contribution in [0, 0.1) is 0 Å². The van der Waals surface area contributed by atoms with E-state index in [1.54, 1.807) is 23.9 Å². The van der Waals surface area contributed by atoms with Crippen molar-refractivity contribution in [1.29, 1.82) is 0 Å². The summed E-state index contributed by atoms with van der Waals surface area (Å²) in [6.07, 6.45) is 5.25. The summed E-state index contributed by atoms with van der Waals surface area (Å²) in [5.74, 6) is 0. The zero-order valence-corrected chi connectivity index (χ0v) is 7.47. The van der Waals surface area contributed by atoms with E-state index in [1.165, 1.54) is 0 Å². The summed E-state index contributed by atoms with van der Waals surface area (Å²) >= 11 is 1.62. The molecule has 2 rings (SSSR count). The van der Waals surface area contributed by atoms with Crippen molar-refractivity contribution >= 4 is 22.5 Å². The lowest BCUT2D eigenvalue weighted by Crippen LogP contribution is -1.90. The fourth-order valence-electron chi connectivity index (χ4n) is 1.23. The van der Waals surface area contributed by atoms with E-state index in [-0.39, 0.29) is 0 Å². The zero-order chi connectivity index (χ0) is 8.55. The zero-order valence-electron chi connectivity index (χ0n) is 6.65. The Morgan fingerprint density at radius 3 is 3.25 bits per heavy atom. The monoisotopic (exact) mass is 180 g/mol. The lowest BCUT2D eigenvalue weighted by Gasteiger charge is -1.89. The Hall–Kier alpha value is -1.16. The second-order valence-electron chi connectivity index (χ2n) is 2.48. The van der Waals surface area contributed by atoms with Crippen LogP contribution in [0.3, 0.4) is 0 Å². The highest BCUT2D eigenvalue weighted by molar-refractivity contribution is 7.17. The van der Waals surface area contributed by atoms with Gasteiger partial charge in [-0.2, -0.15) is 0 Å². The summed E-state index contributed by atoms with van der Waals surface area (Å²) in [6.45, 7) is 2.05. The molecule has 0 N–H and O–H groups in total. The van der Waals surface area contributed by atoms with Crippen LogP contribution in [-0.4, -0.2) is 15.7 Å². The van der Waals surface area contributed by atoms with Gasteiger partial charge in [-0.05, 0) is 6.42 Å². The molecule has 0 aliphatic heterocycles. The summed E-state index contributed by atoms with van der Waals surface area (Å²) in [6, 6.07) is 0. The van der Waals surface area contributed by atoms with Crippen LogP contribution in [0.25, 0.3) is 4.83 Å². The summed E-state index contributed by atoms with van der Waals surface area (Å²) < 4.78 is 1.83. The van der Waals surface area contributed by atoms with Crippen molar-refractivity contribution in [1.82, 2.24) is 9.38 Å². The molecule has 0 aromatic carbocycles. The summed E-state index contributed by atoms with van der Waals surface area (Å²) in [4.78, 5) is 16.8. The smallest absolute Gasteiger partial charge is 0.167 e. The van der Waals surface area contributed by atoms with Crippen molar-refractivity contribution in [2.45, 2.75) is 13.3 Å². The first-order chi connectivity index (χ1) is 5.86. The molecule has 12 heavy (non-hydrogen) atoms. The van der Waals surface area contributed by atoms with Crippen LogP contribution in [0.15, 0.2) is 12.5 Å². The lowest BCUT2D eigenvalue weighted by molar-refractivity contribution is 0.111. The van der Waals surface area contributed by atoms with Gasteiger partial charge in [0, 0.05) is 4.88 Å². The first kappa shape index (κ1) is 7.49. The molecule has 62 valence electrons. The van der Waals surface area contributed by atoms with E-state index in [1.807, 2.05) is 11.3 Å². The minimum atomic E-state index is 0.745. The third kappa shape index (κ3) is 0.881. The molecule has 0 aliphatic carbocycles. The van der Waals surface area contributed by atoms with E-state index in [2.05, 4.69) is 4.98 Å². The summed E-state index contributed by atoms with van der Waals surface area (Å²) in [5, 5.41) is 0. The van der Waals surface area contributed by atoms with Crippen LogP contribution >= 0.6 is 11.3 Å². The van der Waals surface area contributed by atoms with E-state index in [0.717, 1.165) is 28.1 Å². The molecule has 2 aromatic heterocycles. The largest absolute Gasteiger partial charge is 0.296 e. The standard InChI is InChI=1S/C8H8N2OS/c1-2-7-6(4-11)10-5-9-3-8(10)12-7/h3-5H,2H2,1H3. The Bertz CT molecular complexity index is 416. The van der Waals surface area contributed by atoms with E-state index in [9.17, 15) is 4.79 Å². The molecule has 0 fully saturated rings. The van der Waals surface area contributed by atoms with Crippen LogP contribution in [0.5, 0.6) is 0 Å². The number of fused-ring (bicyclic) bond motifs is 1. The van der Waals surface area contributed by atoms with Gasteiger partial charge in [-0.3, -0.25) is 9.20 Å². The van der Waals surface area contributed by atoms with Crippen molar-refractivity contribution < 1.29 is 4.79 Å². The predicted octanol–water partition coefficient (Wildman–Crippen LogP) is 1.77. The average Bonchev–Trinajstić information content (AvgIpc) is 2.61. The molecule has 0 atom stereocenters. The number of aldehydes is 1. The van der Waals surface area contributed by atoms with Gasteiger partial charge in [-0.15, -0.1) is 11.3 Å². The van der Waals surface area contributed by atoms with Crippen molar-refractivity contribution in [3.8, 4) is 0 Å². The van der Waals surface area contributed by atoms with Crippen molar-refractivity contribution in [3.05, 3.63) is 23.1 Å². The molecule has 0 aliphatic rings. The van der Waals surface area contributed by atoms with Crippen molar-refractivity contribution in [3.63, 3.8) is 0 Å². The maximum absolute atomic E-state index is 10.7. The second kappa shape index (κ2) is 2.71. The molecule has 0 bridgehead atoms. The Kier molecular flexibility index (Phi) is 1.69. The quantitative estimate of drug-likeness (QED) is 0.660. The molecule has 3 nitrogen and oxygen atoms in total. The molecule has 0 spiro atoms. The SMILES string of the molecule is CCc1sc2cncn2c1C=O. The van der Waals surface area contributed by atoms with Crippen LogP contribution in [0.4, 0.5) is 0 Å². The molecule has 0 saturated heterocycles. The molecule has 0 amide bonds. The van der Waals surface area contributed by atoms with Gasteiger partial charge in [-0.1, -0.05) is 6.92 Å². The maximum Gasteiger partial charge on any atom is 0.167 e. The van der Waals surface area contributed by atoms with Crippen LogP contribution < -0.4 is 0 Å². The Morgan fingerprint density at radius 2 is 2.58 bits per heavy atom. The van der Waals surface area contributed by atoms with Gasteiger partial charge in [-0.25, -0.2) is 4.98 Å². The number of hydrogen-bond donors (Lipinski definition) is 0. The molecular weight excluding hydrogens is 172 g/mol. The molecular formula is C8H8N2OS. The fourth-order valence-corrected chi connectivity index (χ4v) is 2.23. The third-order valence-electron chi connectivity index (χ3n) is 1.81. The Morgan fingerprint density at radius 1 is 1.75 bits per heavy atom. The van der Waals surface area contributed by atoms with Gasteiger partial charge in [0.2, 0.25) is 0 Å². The number of aromatic nitrogens is 2. The van der Waals surface area contributed by atoms with Crippen LogP contribution in [-0.2, 0) is 6.42 Å². The molecule has 0 unspecified atom stereocenters. The molecule has 2 aromatic rings. The van der Waals surface area contributed by atoms with E-state index < -0.39 is 0 Å². The minimum Gasteiger partial charge on any atom is -0.296 e. The Labute approximate surface area is 73.7 Å². The van der Waals surface area contributed by atoms with E-state index >= 15 is 0 Å².